The van der Waals surface area contributed by atoms with E-state index in [2.05, 4.69) is 21.2 Å². The second-order valence-corrected chi connectivity index (χ2v) is 6.10. The Morgan fingerprint density at radius 1 is 1.30 bits per heavy atom. The molecule has 1 aromatic heterocycles. The van der Waals surface area contributed by atoms with Gasteiger partial charge in [0.15, 0.2) is 0 Å². The molecule has 2 aromatic rings. The summed E-state index contributed by atoms with van der Waals surface area (Å²) in [5, 5.41) is 6.86. The van der Waals surface area contributed by atoms with Gasteiger partial charge >= 0.3 is 6.18 Å². The molecule has 0 saturated carbocycles. The molecule has 20 heavy (non-hydrogen) atoms. The van der Waals surface area contributed by atoms with Crippen LogP contribution in [0.5, 0.6) is 0 Å². The van der Waals surface area contributed by atoms with Crippen molar-refractivity contribution in [3.63, 3.8) is 0 Å². The number of benzene rings is 1. The molecule has 0 spiro atoms. The highest BCUT2D eigenvalue weighted by Crippen LogP contribution is 2.37. The lowest BCUT2D eigenvalue weighted by Crippen LogP contribution is -2.22. The highest BCUT2D eigenvalue weighted by Gasteiger charge is 2.35. The van der Waals surface area contributed by atoms with E-state index < -0.39 is 11.7 Å². The van der Waals surface area contributed by atoms with Gasteiger partial charge in [-0.2, -0.15) is 24.5 Å². The van der Waals surface area contributed by atoms with Crippen LogP contribution >= 0.6 is 27.3 Å². The molecular formula is C14H13BrF3NS. The molecule has 1 unspecified atom stereocenters. The lowest BCUT2D eigenvalue weighted by Gasteiger charge is -2.21. The number of thiophene rings is 1. The SMILES string of the molecule is CNC(Cc1ccsc1)c1ccc(Br)cc1C(F)(F)F. The maximum Gasteiger partial charge on any atom is 0.416 e. The van der Waals surface area contributed by atoms with E-state index in [1.54, 1.807) is 24.5 Å². The summed E-state index contributed by atoms with van der Waals surface area (Å²) in [5.74, 6) is 0. The molecule has 1 atom stereocenters. The Balaban J connectivity index is 2.38. The van der Waals surface area contributed by atoms with Crippen molar-refractivity contribution in [3.05, 3.63) is 56.2 Å². The van der Waals surface area contributed by atoms with Crippen molar-refractivity contribution < 1.29 is 13.2 Å². The van der Waals surface area contributed by atoms with Gasteiger partial charge in [0.25, 0.3) is 0 Å². The Labute approximate surface area is 128 Å². The van der Waals surface area contributed by atoms with Crippen LogP contribution in [-0.4, -0.2) is 7.05 Å². The first-order valence-corrected chi connectivity index (χ1v) is 7.70. The van der Waals surface area contributed by atoms with Gasteiger partial charge in [-0.05, 0) is 53.6 Å². The van der Waals surface area contributed by atoms with E-state index in [1.165, 1.54) is 6.07 Å². The minimum atomic E-state index is -4.36. The van der Waals surface area contributed by atoms with Crippen LogP contribution in [0, 0.1) is 0 Å². The third-order valence-electron chi connectivity index (χ3n) is 3.06. The fraction of sp³-hybridized carbons (Fsp3) is 0.286. The summed E-state index contributed by atoms with van der Waals surface area (Å²) in [7, 11) is 1.68. The van der Waals surface area contributed by atoms with Gasteiger partial charge in [0.1, 0.15) is 0 Å². The van der Waals surface area contributed by atoms with Gasteiger partial charge in [-0.1, -0.05) is 22.0 Å². The molecular weight excluding hydrogens is 351 g/mol. The van der Waals surface area contributed by atoms with E-state index in [1.807, 2.05) is 16.8 Å². The predicted molar refractivity (Wildman–Crippen MR) is 79.0 cm³/mol. The summed E-state index contributed by atoms with van der Waals surface area (Å²) < 4.78 is 39.9. The standard InChI is InChI=1S/C14H13BrF3NS/c1-19-13(6-9-4-5-20-8-9)11-3-2-10(15)7-12(11)14(16,17)18/h2-5,7-8,13,19H,6H2,1H3. The first-order valence-electron chi connectivity index (χ1n) is 5.97. The number of likely N-dealkylation sites (N-methyl/N-ethyl adjacent to an activating group) is 1. The molecule has 0 amide bonds. The van der Waals surface area contributed by atoms with Gasteiger partial charge in [0, 0.05) is 10.5 Å². The molecule has 0 aliphatic carbocycles. The van der Waals surface area contributed by atoms with E-state index in [0.29, 0.717) is 10.9 Å². The Morgan fingerprint density at radius 2 is 2.05 bits per heavy atom. The van der Waals surface area contributed by atoms with Crippen molar-refractivity contribution in [1.82, 2.24) is 5.32 Å². The Kier molecular flexibility index (Phi) is 4.88. The van der Waals surface area contributed by atoms with E-state index >= 15 is 0 Å². The third-order valence-corrected chi connectivity index (χ3v) is 4.29. The average Bonchev–Trinajstić information content (AvgIpc) is 2.88. The molecule has 1 nitrogen and oxygen atoms in total. The highest BCUT2D eigenvalue weighted by atomic mass is 79.9. The van der Waals surface area contributed by atoms with Crippen molar-refractivity contribution in [2.45, 2.75) is 18.6 Å². The molecule has 2 rings (SSSR count). The minimum Gasteiger partial charge on any atom is -0.313 e. The Bertz CT molecular complexity index is 566. The number of hydrogen-bond donors (Lipinski definition) is 1. The number of halogens is 4. The first kappa shape index (κ1) is 15.5. The number of nitrogens with one attached hydrogen (secondary N) is 1. The monoisotopic (exact) mass is 363 g/mol. The zero-order valence-electron chi connectivity index (χ0n) is 10.7. The van der Waals surface area contributed by atoms with Gasteiger partial charge in [-0.3, -0.25) is 0 Å². The van der Waals surface area contributed by atoms with Crippen molar-refractivity contribution in [3.8, 4) is 0 Å². The molecule has 0 saturated heterocycles. The van der Waals surface area contributed by atoms with Gasteiger partial charge in [0.2, 0.25) is 0 Å². The maximum absolute atomic E-state index is 13.2. The number of alkyl halides is 3. The smallest absolute Gasteiger partial charge is 0.313 e. The van der Waals surface area contributed by atoms with Crippen molar-refractivity contribution in [2.24, 2.45) is 0 Å². The minimum absolute atomic E-state index is 0.273. The third kappa shape index (κ3) is 3.62. The van der Waals surface area contributed by atoms with Crippen molar-refractivity contribution >= 4 is 27.3 Å². The molecule has 108 valence electrons. The van der Waals surface area contributed by atoms with Gasteiger partial charge in [-0.25, -0.2) is 0 Å². The van der Waals surface area contributed by atoms with Crippen LogP contribution in [0.15, 0.2) is 39.5 Å². The summed E-state index contributed by atoms with van der Waals surface area (Å²) in [6, 6.07) is 5.87. The van der Waals surface area contributed by atoms with Crippen LogP contribution in [0.1, 0.15) is 22.7 Å². The van der Waals surface area contributed by atoms with Crippen LogP contribution < -0.4 is 5.32 Å². The molecule has 0 radical (unpaired) electrons. The molecule has 0 aliphatic heterocycles. The van der Waals surface area contributed by atoms with E-state index in [-0.39, 0.29) is 11.6 Å². The first-order chi connectivity index (χ1) is 9.41. The lowest BCUT2D eigenvalue weighted by atomic mass is 9.95. The Hall–Kier alpha value is -0.850. The lowest BCUT2D eigenvalue weighted by molar-refractivity contribution is -0.138. The topological polar surface area (TPSA) is 12.0 Å². The maximum atomic E-state index is 13.2. The van der Waals surface area contributed by atoms with Crippen molar-refractivity contribution in [2.75, 3.05) is 7.05 Å². The van der Waals surface area contributed by atoms with Gasteiger partial charge in [-0.15, -0.1) is 0 Å². The van der Waals surface area contributed by atoms with Crippen LogP contribution in [-0.2, 0) is 12.6 Å². The predicted octanol–water partition coefficient (Wildman–Crippen LogP) is 5.03. The highest BCUT2D eigenvalue weighted by molar-refractivity contribution is 9.10. The molecule has 0 fully saturated rings. The van der Waals surface area contributed by atoms with E-state index in [0.717, 1.165) is 11.6 Å². The quantitative estimate of drug-likeness (QED) is 0.802. The van der Waals surface area contributed by atoms with E-state index in [9.17, 15) is 13.2 Å². The molecule has 1 aromatic carbocycles. The fourth-order valence-corrected chi connectivity index (χ4v) is 3.13. The summed E-state index contributed by atoms with van der Waals surface area (Å²) >= 11 is 4.64. The Morgan fingerprint density at radius 3 is 2.60 bits per heavy atom. The van der Waals surface area contributed by atoms with Crippen molar-refractivity contribution in [1.29, 1.82) is 0 Å². The van der Waals surface area contributed by atoms with E-state index in [4.69, 9.17) is 0 Å². The second kappa shape index (κ2) is 6.28. The summed E-state index contributed by atoms with van der Waals surface area (Å²) in [6.45, 7) is 0. The summed E-state index contributed by atoms with van der Waals surface area (Å²) in [4.78, 5) is 0. The van der Waals surface area contributed by atoms with Gasteiger partial charge < -0.3 is 5.32 Å². The molecule has 1 N–H and O–H groups in total. The second-order valence-electron chi connectivity index (χ2n) is 4.41. The zero-order chi connectivity index (χ0) is 14.8. The molecule has 0 bridgehead atoms. The normalized spacial score (nSPS) is 13.4. The fourth-order valence-electron chi connectivity index (χ4n) is 2.09. The van der Waals surface area contributed by atoms with Gasteiger partial charge in [0.05, 0.1) is 5.56 Å². The molecule has 1 heterocycles. The number of rotatable bonds is 4. The van der Waals surface area contributed by atoms with Crippen LogP contribution in [0.2, 0.25) is 0 Å². The molecule has 6 heteroatoms. The zero-order valence-corrected chi connectivity index (χ0v) is 13.1. The summed E-state index contributed by atoms with van der Waals surface area (Å²) in [5.41, 5.74) is 0.709. The van der Waals surface area contributed by atoms with Crippen LogP contribution in [0.3, 0.4) is 0 Å². The van der Waals surface area contributed by atoms with Crippen LogP contribution in [0.4, 0.5) is 13.2 Å². The summed E-state index contributed by atoms with van der Waals surface area (Å²) in [6.07, 6.45) is -3.83. The number of hydrogen-bond acceptors (Lipinski definition) is 2. The largest absolute Gasteiger partial charge is 0.416 e. The average molecular weight is 364 g/mol. The van der Waals surface area contributed by atoms with Crippen LogP contribution in [0.25, 0.3) is 0 Å². The molecule has 0 aliphatic rings.